The van der Waals surface area contributed by atoms with E-state index in [1.807, 2.05) is 0 Å². The smallest absolute Gasteiger partial charge is 0.307 e. The van der Waals surface area contributed by atoms with E-state index in [0.717, 1.165) is 19.5 Å². The van der Waals surface area contributed by atoms with Gasteiger partial charge < -0.3 is 10.4 Å². The average molecular weight is 178 g/mol. The summed E-state index contributed by atoms with van der Waals surface area (Å²) in [5.74, 6) is 0.233. The van der Waals surface area contributed by atoms with Crippen molar-refractivity contribution in [1.82, 2.24) is 5.32 Å². The van der Waals surface area contributed by atoms with Gasteiger partial charge in [-0.2, -0.15) is 0 Å². The van der Waals surface area contributed by atoms with Gasteiger partial charge in [-0.3, -0.25) is 4.79 Å². The van der Waals surface area contributed by atoms with Gasteiger partial charge in [-0.05, 0) is 31.3 Å². The van der Waals surface area contributed by atoms with Crippen LogP contribution in [0.25, 0.3) is 0 Å². The zero-order valence-corrected chi connectivity index (χ0v) is 6.93. The second-order valence-electron chi connectivity index (χ2n) is 3.28. The van der Waals surface area contributed by atoms with E-state index in [0.29, 0.717) is 11.8 Å². The summed E-state index contributed by atoms with van der Waals surface area (Å²) in [7, 11) is 0. The van der Waals surface area contributed by atoms with Crippen molar-refractivity contribution in [2.24, 2.45) is 17.8 Å². The first-order chi connectivity index (χ1) is 4.79. The summed E-state index contributed by atoms with van der Waals surface area (Å²) in [6.07, 6.45) is 1.13. The molecule has 3 nitrogen and oxygen atoms in total. The largest absolute Gasteiger partial charge is 0.481 e. The fourth-order valence-electron chi connectivity index (χ4n) is 2.15. The maximum absolute atomic E-state index is 10.6. The topological polar surface area (TPSA) is 49.3 Å². The summed E-state index contributed by atoms with van der Waals surface area (Å²) in [5.41, 5.74) is 0. The molecule has 3 aliphatic rings. The van der Waals surface area contributed by atoms with Gasteiger partial charge in [0.2, 0.25) is 0 Å². The Morgan fingerprint density at radius 2 is 1.91 bits per heavy atom. The zero-order chi connectivity index (χ0) is 7.14. The van der Waals surface area contributed by atoms with Crippen LogP contribution in [-0.2, 0) is 4.79 Å². The number of carboxylic acids is 1. The first kappa shape index (κ1) is 8.81. The lowest BCUT2D eigenvalue weighted by Crippen LogP contribution is -2.56. The van der Waals surface area contributed by atoms with Crippen molar-refractivity contribution >= 4 is 18.4 Å². The Morgan fingerprint density at radius 3 is 2.18 bits per heavy atom. The molecule has 4 heteroatoms. The molecule has 11 heavy (non-hydrogen) atoms. The Hall–Kier alpha value is -0.280. The predicted molar refractivity (Wildman–Crippen MR) is 42.8 cm³/mol. The van der Waals surface area contributed by atoms with Gasteiger partial charge in [0.15, 0.2) is 0 Å². The van der Waals surface area contributed by atoms with Crippen molar-refractivity contribution in [2.45, 2.75) is 6.42 Å². The molecule has 3 fully saturated rings. The Kier molecular flexibility index (Phi) is 2.40. The standard InChI is InChI=1S/C7H11NO2.ClH/c9-7(10)6-4-1-5(6)3-8-2-4;/h4-6,8H,1-3H2,(H,9,10);1H. The highest BCUT2D eigenvalue weighted by Crippen LogP contribution is 2.42. The molecule has 1 aliphatic carbocycles. The molecule has 0 aromatic rings. The van der Waals surface area contributed by atoms with E-state index in [2.05, 4.69) is 5.32 Å². The number of rotatable bonds is 1. The number of aliphatic carboxylic acids is 1. The molecule has 0 aromatic heterocycles. The Morgan fingerprint density at radius 1 is 1.36 bits per heavy atom. The molecular formula is C7H12ClNO2. The highest BCUT2D eigenvalue weighted by molar-refractivity contribution is 5.85. The number of hydrogen-bond acceptors (Lipinski definition) is 2. The highest BCUT2D eigenvalue weighted by atomic mass is 35.5. The quantitative estimate of drug-likeness (QED) is 0.608. The maximum Gasteiger partial charge on any atom is 0.307 e. The number of nitrogens with one attached hydrogen (secondary N) is 1. The van der Waals surface area contributed by atoms with Gasteiger partial charge >= 0.3 is 5.97 Å². The summed E-state index contributed by atoms with van der Waals surface area (Å²) >= 11 is 0. The Labute approximate surface area is 71.6 Å². The first-order valence-corrected chi connectivity index (χ1v) is 3.72. The van der Waals surface area contributed by atoms with Gasteiger partial charge in [-0.25, -0.2) is 0 Å². The first-order valence-electron chi connectivity index (χ1n) is 3.72. The number of halogens is 1. The van der Waals surface area contributed by atoms with Crippen LogP contribution in [0.1, 0.15) is 6.42 Å². The van der Waals surface area contributed by atoms with Crippen LogP contribution in [0.4, 0.5) is 0 Å². The van der Waals surface area contributed by atoms with Crippen LogP contribution in [0.2, 0.25) is 0 Å². The third kappa shape index (κ3) is 1.23. The molecule has 0 amide bonds. The summed E-state index contributed by atoms with van der Waals surface area (Å²) in [6, 6.07) is 0. The minimum atomic E-state index is -0.595. The third-order valence-electron chi connectivity index (χ3n) is 2.72. The van der Waals surface area contributed by atoms with Crippen molar-refractivity contribution in [2.75, 3.05) is 13.1 Å². The van der Waals surface area contributed by atoms with Gasteiger partial charge in [0.25, 0.3) is 0 Å². The molecule has 2 bridgehead atoms. The van der Waals surface area contributed by atoms with Gasteiger partial charge in [0.1, 0.15) is 0 Å². The minimum absolute atomic E-state index is 0. The molecule has 2 N–H and O–H groups in total. The van der Waals surface area contributed by atoms with E-state index in [-0.39, 0.29) is 18.3 Å². The molecule has 2 atom stereocenters. The monoisotopic (exact) mass is 177 g/mol. The molecular weight excluding hydrogens is 166 g/mol. The summed E-state index contributed by atoms with van der Waals surface area (Å²) in [4.78, 5) is 10.6. The zero-order valence-electron chi connectivity index (χ0n) is 6.12. The number of hydrogen-bond donors (Lipinski definition) is 2. The van der Waals surface area contributed by atoms with Crippen LogP contribution in [-0.4, -0.2) is 24.2 Å². The van der Waals surface area contributed by atoms with Crippen LogP contribution in [0, 0.1) is 17.8 Å². The molecule has 0 radical (unpaired) electrons. The number of piperidine rings is 2. The normalized spacial score (nSPS) is 40.2. The lowest BCUT2D eigenvalue weighted by molar-refractivity contribution is -0.154. The van der Waals surface area contributed by atoms with Crippen LogP contribution in [0.3, 0.4) is 0 Å². The fourth-order valence-corrected chi connectivity index (χ4v) is 2.15. The molecule has 2 unspecified atom stereocenters. The van der Waals surface area contributed by atoms with Crippen LogP contribution in [0.15, 0.2) is 0 Å². The summed E-state index contributed by atoms with van der Waals surface area (Å²) in [5, 5.41) is 11.9. The molecule has 2 heterocycles. The van der Waals surface area contributed by atoms with E-state index < -0.39 is 5.97 Å². The summed E-state index contributed by atoms with van der Waals surface area (Å²) < 4.78 is 0. The number of carboxylic acid groups (broad SMARTS) is 1. The van der Waals surface area contributed by atoms with Gasteiger partial charge in [0.05, 0.1) is 5.92 Å². The van der Waals surface area contributed by atoms with Crippen molar-refractivity contribution in [3.05, 3.63) is 0 Å². The van der Waals surface area contributed by atoms with E-state index in [9.17, 15) is 4.79 Å². The van der Waals surface area contributed by atoms with E-state index in [4.69, 9.17) is 5.11 Å². The SMILES string of the molecule is Cl.O=C(O)C1C2CNCC1C2. The van der Waals surface area contributed by atoms with E-state index in [1.54, 1.807) is 0 Å². The van der Waals surface area contributed by atoms with E-state index in [1.165, 1.54) is 0 Å². The van der Waals surface area contributed by atoms with Gasteiger partial charge in [0, 0.05) is 0 Å². The predicted octanol–water partition coefficient (Wildman–Crippen LogP) is 0.348. The fraction of sp³-hybridized carbons (Fsp3) is 0.857. The van der Waals surface area contributed by atoms with Crippen molar-refractivity contribution in [1.29, 1.82) is 0 Å². The van der Waals surface area contributed by atoms with Crippen LogP contribution < -0.4 is 5.32 Å². The third-order valence-corrected chi connectivity index (χ3v) is 2.72. The van der Waals surface area contributed by atoms with Gasteiger partial charge in [-0.1, -0.05) is 0 Å². The lowest BCUT2D eigenvalue weighted by atomic mass is 9.62. The maximum atomic E-state index is 10.6. The second-order valence-corrected chi connectivity index (χ2v) is 3.28. The van der Waals surface area contributed by atoms with E-state index >= 15 is 0 Å². The van der Waals surface area contributed by atoms with Crippen molar-refractivity contribution in [3.63, 3.8) is 0 Å². The average Bonchev–Trinajstić information content (AvgIpc) is 1.87. The van der Waals surface area contributed by atoms with Crippen molar-refractivity contribution < 1.29 is 9.90 Å². The minimum Gasteiger partial charge on any atom is -0.481 e. The Balaban J connectivity index is 0.000000605. The van der Waals surface area contributed by atoms with Crippen LogP contribution in [0.5, 0.6) is 0 Å². The second kappa shape index (κ2) is 2.99. The Bertz CT molecular complexity index is 160. The number of carbonyl (C=O) groups is 1. The van der Waals surface area contributed by atoms with Gasteiger partial charge in [-0.15, -0.1) is 12.4 Å². The summed E-state index contributed by atoms with van der Waals surface area (Å²) in [6.45, 7) is 1.82. The molecule has 3 rings (SSSR count). The molecule has 0 spiro atoms. The van der Waals surface area contributed by atoms with Crippen LogP contribution >= 0.6 is 12.4 Å². The molecule has 0 aromatic carbocycles. The molecule has 2 aliphatic heterocycles. The number of fused-ring (bicyclic) bond motifs is 2. The molecule has 64 valence electrons. The lowest BCUT2D eigenvalue weighted by Gasteiger charge is -2.47. The highest BCUT2D eigenvalue weighted by Gasteiger charge is 2.47. The molecule has 2 saturated heterocycles. The van der Waals surface area contributed by atoms with Crippen molar-refractivity contribution in [3.8, 4) is 0 Å². The molecule has 1 saturated carbocycles.